The van der Waals surface area contributed by atoms with Crippen LogP contribution >= 0.6 is 0 Å². The largest absolute Gasteiger partial charge is 0.299 e. The monoisotopic (exact) mass is 126 g/mol. The van der Waals surface area contributed by atoms with E-state index in [0.717, 1.165) is 25.7 Å². The minimum Gasteiger partial charge on any atom is -0.299 e. The van der Waals surface area contributed by atoms with E-state index in [1.807, 2.05) is 0 Å². The molecule has 0 N–H and O–H groups in total. The number of rotatable bonds is 1. The first-order valence-corrected chi connectivity index (χ1v) is 3.72. The molecule has 1 aliphatic carbocycles. The van der Waals surface area contributed by atoms with Crippen LogP contribution in [0.15, 0.2) is 0 Å². The number of hydrogen-bond donors (Lipinski definition) is 0. The zero-order valence-electron chi connectivity index (χ0n) is 6.24. The third-order valence-corrected chi connectivity index (χ3v) is 2.59. The molecule has 0 aromatic heterocycles. The fraction of sp³-hybridized carbons (Fsp3) is 0.875. The van der Waals surface area contributed by atoms with Crippen molar-refractivity contribution in [2.24, 2.45) is 5.41 Å². The highest BCUT2D eigenvalue weighted by Crippen LogP contribution is 2.36. The molecule has 0 spiro atoms. The normalized spacial score (nSPS) is 35.6. The molecule has 1 saturated carbocycles. The Bertz CT molecular complexity index is 129. The van der Waals surface area contributed by atoms with Gasteiger partial charge in [0.2, 0.25) is 0 Å². The molecule has 0 aromatic carbocycles. The first-order chi connectivity index (χ1) is 4.19. The Kier molecular flexibility index (Phi) is 1.60. The predicted octanol–water partition coefficient (Wildman–Crippen LogP) is 2.16. The molecule has 0 unspecified atom stereocenters. The Morgan fingerprint density at radius 1 is 1.67 bits per heavy atom. The average molecular weight is 126 g/mol. The van der Waals surface area contributed by atoms with Gasteiger partial charge in [0.1, 0.15) is 5.78 Å². The van der Waals surface area contributed by atoms with Crippen molar-refractivity contribution in [1.82, 2.24) is 0 Å². The van der Waals surface area contributed by atoms with Crippen LogP contribution < -0.4 is 0 Å². The van der Waals surface area contributed by atoms with Crippen molar-refractivity contribution < 1.29 is 4.79 Å². The van der Waals surface area contributed by atoms with Crippen molar-refractivity contribution in [2.45, 2.75) is 39.5 Å². The summed E-state index contributed by atoms with van der Waals surface area (Å²) in [5.41, 5.74) is 0.0556. The lowest BCUT2D eigenvalue weighted by Crippen LogP contribution is -2.19. The van der Waals surface area contributed by atoms with Gasteiger partial charge in [0, 0.05) is 11.8 Å². The van der Waals surface area contributed by atoms with Crippen molar-refractivity contribution in [1.29, 1.82) is 0 Å². The molecule has 0 saturated heterocycles. The first kappa shape index (κ1) is 6.79. The van der Waals surface area contributed by atoms with Crippen LogP contribution in [0.5, 0.6) is 0 Å². The maximum absolute atomic E-state index is 11.1. The van der Waals surface area contributed by atoms with Crippen LogP contribution in [0.25, 0.3) is 0 Å². The Morgan fingerprint density at radius 3 is 2.56 bits per heavy atom. The van der Waals surface area contributed by atoms with E-state index in [1.165, 1.54) is 0 Å². The minimum atomic E-state index is 0.0556. The zero-order valence-corrected chi connectivity index (χ0v) is 6.24. The van der Waals surface area contributed by atoms with Crippen LogP contribution in [0.1, 0.15) is 39.5 Å². The smallest absolute Gasteiger partial charge is 0.138 e. The van der Waals surface area contributed by atoms with Gasteiger partial charge in [0.15, 0.2) is 0 Å². The lowest BCUT2D eigenvalue weighted by molar-refractivity contribution is -0.125. The molecule has 0 amide bonds. The van der Waals surface area contributed by atoms with Crippen LogP contribution in [-0.4, -0.2) is 5.78 Å². The van der Waals surface area contributed by atoms with E-state index in [-0.39, 0.29) is 5.41 Å². The minimum absolute atomic E-state index is 0.0556. The Labute approximate surface area is 56.4 Å². The molecule has 9 heavy (non-hydrogen) atoms. The van der Waals surface area contributed by atoms with Crippen LogP contribution in [-0.2, 0) is 4.79 Å². The van der Waals surface area contributed by atoms with E-state index in [9.17, 15) is 4.79 Å². The van der Waals surface area contributed by atoms with Crippen molar-refractivity contribution in [3.63, 3.8) is 0 Å². The van der Waals surface area contributed by atoms with E-state index in [2.05, 4.69) is 13.8 Å². The topological polar surface area (TPSA) is 17.1 Å². The van der Waals surface area contributed by atoms with Gasteiger partial charge in [-0.2, -0.15) is 0 Å². The summed E-state index contributed by atoms with van der Waals surface area (Å²) in [6, 6.07) is 0. The molecular formula is C8H14O. The van der Waals surface area contributed by atoms with Crippen LogP contribution in [0.3, 0.4) is 0 Å². The molecule has 1 heteroatoms. The second-order valence-electron chi connectivity index (χ2n) is 3.19. The number of carbonyl (C=O) groups excluding carboxylic acids is 1. The maximum atomic E-state index is 11.1. The van der Waals surface area contributed by atoms with Crippen molar-refractivity contribution in [2.75, 3.05) is 0 Å². The standard InChI is InChI=1S/C8H14O/c1-3-8(2)6-4-5-7(8)9/h3-6H2,1-2H3/t8-/m0/s1. The summed E-state index contributed by atoms with van der Waals surface area (Å²) in [5, 5.41) is 0. The number of Topliss-reactive ketones (excluding diaryl/α,β-unsaturated/α-hetero) is 1. The predicted molar refractivity (Wildman–Crippen MR) is 37.3 cm³/mol. The summed E-state index contributed by atoms with van der Waals surface area (Å²) < 4.78 is 0. The van der Waals surface area contributed by atoms with E-state index in [0.29, 0.717) is 5.78 Å². The Morgan fingerprint density at radius 2 is 2.33 bits per heavy atom. The quantitative estimate of drug-likeness (QED) is 0.526. The van der Waals surface area contributed by atoms with E-state index in [1.54, 1.807) is 0 Å². The third kappa shape index (κ3) is 1.00. The summed E-state index contributed by atoms with van der Waals surface area (Å²) in [5.74, 6) is 0.477. The summed E-state index contributed by atoms with van der Waals surface area (Å²) in [6.45, 7) is 4.19. The second kappa shape index (κ2) is 2.13. The summed E-state index contributed by atoms with van der Waals surface area (Å²) in [6.07, 6.45) is 4.07. The van der Waals surface area contributed by atoms with E-state index >= 15 is 0 Å². The van der Waals surface area contributed by atoms with E-state index < -0.39 is 0 Å². The molecule has 0 bridgehead atoms. The number of carbonyl (C=O) groups is 1. The van der Waals surface area contributed by atoms with Crippen LogP contribution in [0.2, 0.25) is 0 Å². The molecule has 1 fully saturated rings. The van der Waals surface area contributed by atoms with Gasteiger partial charge in [0.05, 0.1) is 0 Å². The number of hydrogen-bond acceptors (Lipinski definition) is 1. The molecule has 52 valence electrons. The van der Waals surface area contributed by atoms with E-state index in [4.69, 9.17) is 0 Å². The zero-order chi connectivity index (χ0) is 6.91. The summed E-state index contributed by atoms with van der Waals surface area (Å²) >= 11 is 0. The van der Waals surface area contributed by atoms with Gasteiger partial charge in [-0.1, -0.05) is 13.8 Å². The molecule has 1 atom stereocenters. The first-order valence-electron chi connectivity index (χ1n) is 3.72. The summed E-state index contributed by atoms with van der Waals surface area (Å²) in [7, 11) is 0. The van der Waals surface area contributed by atoms with Gasteiger partial charge in [-0.3, -0.25) is 4.79 Å². The molecule has 0 radical (unpaired) electrons. The van der Waals surface area contributed by atoms with Crippen LogP contribution in [0, 0.1) is 5.41 Å². The van der Waals surface area contributed by atoms with Gasteiger partial charge in [-0.15, -0.1) is 0 Å². The highest BCUT2D eigenvalue weighted by molar-refractivity contribution is 5.86. The SMILES string of the molecule is CC[C@@]1(C)CCCC1=O. The van der Waals surface area contributed by atoms with Gasteiger partial charge in [-0.25, -0.2) is 0 Å². The van der Waals surface area contributed by atoms with Crippen LogP contribution in [0.4, 0.5) is 0 Å². The highest BCUT2D eigenvalue weighted by Gasteiger charge is 2.34. The number of ketones is 1. The van der Waals surface area contributed by atoms with Crippen molar-refractivity contribution in [3.05, 3.63) is 0 Å². The Hall–Kier alpha value is -0.330. The second-order valence-corrected chi connectivity index (χ2v) is 3.19. The molecule has 1 aliphatic rings. The lowest BCUT2D eigenvalue weighted by Gasteiger charge is -2.17. The molecule has 0 heterocycles. The van der Waals surface area contributed by atoms with Gasteiger partial charge in [-0.05, 0) is 19.3 Å². The summed E-state index contributed by atoms with van der Waals surface area (Å²) in [4.78, 5) is 11.1. The molecule has 1 rings (SSSR count). The third-order valence-electron chi connectivity index (χ3n) is 2.59. The van der Waals surface area contributed by atoms with Crippen molar-refractivity contribution in [3.8, 4) is 0 Å². The van der Waals surface area contributed by atoms with Gasteiger partial charge in [0.25, 0.3) is 0 Å². The molecule has 0 aliphatic heterocycles. The highest BCUT2D eigenvalue weighted by atomic mass is 16.1. The Balaban J connectivity index is 2.67. The van der Waals surface area contributed by atoms with Crippen molar-refractivity contribution >= 4 is 5.78 Å². The molecule has 0 aromatic rings. The fourth-order valence-corrected chi connectivity index (χ4v) is 1.45. The van der Waals surface area contributed by atoms with Gasteiger partial charge >= 0.3 is 0 Å². The average Bonchev–Trinajstić information content (AvgIpc) is 2.15. The molecular weight excluding hydrogens is 112 g/mol. The van der Waals surface area contributed by atoms with Gasteiger partial charge < -0.3 is 0 Å². The molecule has 1 nitrogen and oxygen atoms in total. The maximum Gasteiger partial charge on any atom is 0.138 e. The lowest BCUT2D eigenvalue weighted by atomic mass is 9.85. The fourth-order valence-electron chi connectivity index (χ4n) is 1.45.